The summed E-state index contributed by atoms with van der Waals surface area (Å²) in [7, 11) is 0. The lowest BCUT2D eigenvalue weighted by Crippen LogP contribution is -1.94. The van der Waals surface area contributed by atoms with Crippen LogP contribution in [-0.4, -0.2) is 20.9 Å². The van der Waals surface area contributed by atoms with Crippen LogP contribution in [0.1, 0.15) is 22.8 Å². The number of carbonyl (C=O) groups is 1. The third-order valence-corrected chi connectivity index (χ3v) is 3.04. The van der Waals surface area contributed by atoms with Gasteiger partial charge in [0.25, 0.3) is 5.89 Å². The van der Waals surface area contributed by atoms with Crippen LogP contribution in [0.2, 0.25) is 0 Å². The lowest BCUT2D eigenvalue weighted by atomic mass is 10.0. The molecular weight excluding hydrogens is 280 g/mol. The lowest BCUT2D eigenvalue weighted by Gasteiger charge is -2.00. The molecule has 2 heterocycles. The lowest BCUT2D eigenvalue weighted by molar-refractivity contribution is 0.101. The van der Waals surface area contributed by atoms with Gasteiger partial charge in [-0.3, -0.25) is 9.78 Å². The van der Waals surface area contributed by atoms with Gasteiger partial charge in [-0.15, -0.1) is 0 Å². The van der Waals surface area contributed by atoms with Crippen molar-refractivity contribution in [1.29, 1.82) is 5.26 Å². The molecule has 0 aliphatic rings. The van der Waals surface area contributed by atoms with Crippen molar-refractivity contribution < 1.29 is 9.32 Å². The molecule has 0 saturated carbocycles. The summed E-state index contributed by atoms with van der Waals surface area (Å²) in [5.41, 5.74) is 1.89. The highest BCUT2D eigenvalue weighted by Gasteiger charge is 2.14. The predicted octanol–water partition coefficient (Wildman–Crippen LogP) is 2.87. The highest BCUT2D eigenvalue weighted by atomic mass is 16.5. The van der Waals surface area contributed by atoms with Crippen molar-refractivity contribution in [2.45, 2.75) is 6.92 Å². The number of hydrogen-bond donors (Lipinski definition) is 0. The number of benzene rings is 1. The summed E-state index contributed by atoms with van der Waals surface area (Å²) >= 11 is 0. The smallest absolute Gasteiger partial charge is 0.258 e. The molecule has 106 valence electrons. The van der Waals surface area contributed by atoms with E-state index in [0.29, 0.717) is 28.2 Å². The Kier molecular flexibility index (Phi) is 3.46. The fraction of sp³-hybridized carbons (Fsp3) is 0.0625. The van der Waals surface area contributed by atoms with Gasteiger partial charge < -0.3 is 4.52 Å². The van der Waals surface area contributed by atoms with Gasteiger partial charge in [-0.2, -0.15) is 10.2 Å². The first kappa shape index (κ1) is 13.6. The first-order chi connectivity index (χ1) is 10.7. The second-order valence-electron chi connectivity index (χ2n) is 4.61. The SMILES string of the molecule is CC(=O)c1cc(C#N)cc(-c2nc(-c3ccccn3)no2)c1. The maximum atomic E-state index is 11.5. The normalized spacial score (nSPS) is 10.2. The average molecular weight is 290 g/mol. The summed E-state index contributed by atoms with van der Waals surface area (Å²) in [6, 6.07) is 12.1. The van der Waals surface area contributed by atoms with Crippen LogP contribution >= 0.6 is 0 Å². The maximum Gasteiger partial charge on any atom is 0.258 e. The van der Waals surface area contributed by atoms with E-state index < -0.39 is 0 Å². The molecule has 0 fully saturated rings. The zero-order valence-electron chi connectivity index (χ0n) is 11.6. The van der Waals surface area contributed by atoms with Crippen molar-refractivity contribution in [3.05, 3.63) is 53.7 Å². The Morgan fingerprint density at radius 3 is 2.82 bits per heavy atom. The summed E-state index contributed by atoms with van der Waals surface area (Å²) in [6.45, 7) is 1.44. The van der Waals surface area contributed by atoms with Crippen LogP contribution in [0.5, 0.6) is 0 Å². The van der Waals surface area contributed by atoms with Crippen molar-refractivity contribution >= 4 is 5.78 Å². The molecule has 0 aliphatic heterocycles. The highest BCUT2D eigenvalue weighted by Crippen LogP contribution is 2.23. The molecule has 3 rings (SSSR count). The summed E-state index contributed by atoms with van der Waals surface area (Å²) in [5.74, 6) is 0.449. The molecule has 3 aromatic rings. The summed E-state index contributed by atoms with van der Waals surface area (Å²) in [5, 5.41) is 12.9. The van der Waals surface area contributed by atoms with Crippen molar-refractivity contribution in [2.75, 3.05) is 0 Å². The minimum atomic E-state index is -0.136. The fourth-order valence-corrected chi connectivity index (χ4v) is 1.96. The van der Waals surface area contributed by atoms with E-state index in [1.807, 2.05) is 12.1 Å². The Balaban J connectivity index is 2.05. The molecule has 0 unspecified atom stereocenters. The summed E-state index contributed by atoms with van der Waals surface area (Å²) in [6.07, 6.45) is 1.63. The van der Waals surface area contributed by atoms with E-state index in [1.54, 1.807) is 30.5 Å². The van der Waals surface area contributed by atoms with E-state index in [1.165, 1.54) is 13.0 Å². The molecule has 0 atom stereocenters. The van der Waals surface area contributed by atoms with E-state index in [0.717, 1.165) is 0 Å². The number of nitrogens with zero attached hydrogens (tertiary/aromatic N) is 4. The molecule has 0 saturated heterocycles. The second kappa shape index (κ2) is 5.58. The van der Waals surface area contributed by atoms with Crippen LogP contribution in [0.4, 0.5) is 0 Å². The highest BCUT2D eigenvalue weighted by molar-refractivity contribution is 5.95. The second-order valence-corrected chi connectivity index (χ2v) is 4.61. The van der Waals surface area contributed by atoms with Crippen LogP contribution < -0.4 is 0 Å². The van der Waals surface area contributed by atoms with Crippen molar-refractivity contribution in [3.8, 4) is 29.0 Å². The van der Waals surface area contributed by atoms with E-state index in [9.17, 15) is 4.79 Å². The minimum absolute atomic E-state index is 0.136. The zero-order valence-corrected chi connectivity index (χ0v) is 11.6. The number of nitriles is 1. The quantitative estimate of drug-likeness (QED) is 0.688. The largest absolute Gasteiger partial charge is 0.334 e. The van der Waals surface area contributed by atoms with Gasteiger partial charge in [0, 0.05) is 17.3 Å². The van der Waals surface area contributed by atoms with Gasteiger partial charge in [-0.1, -0.05) is 11.2 Å². The van der Waals surface area contributed by atoms with Crippen molar-refractivity contribution in [1.82, 2.24) is 15.1 Å². The molecule has 0 radical (unpaired) electrons. The first-order valence-corrected chi connectivity index (χ1v) is 6.49. The predicted molar refractivity (Wildman–Crippen MR) is 77.7 cm³/mol. The number of aromatic nitrogens is 3. The van der Waals surface area contributed by atoms with Crippen LogP contribution in [0, 0.1) is 11.3 Å². The Morgan fingerprint density at radius 1 is 1.27 bits per heavy atom. The first-order valence-electron chi connectivity index (χ1n) is 6.49. The number of carbonyl (C=O) groups excluding carboxylic acids is 1. The molecule has 0 amide bonds. The summed E-state index contributed by atoms with van der Waals surface area (Å²) < 4.78 is 5.22. The third kappa shape index (κ3) is 2.60. The van der Waals surface area contributed by atoms with Gasteiger partial charge in [0.15, 0.2) is 5.78 Å². The minimum Gasteiger partial charge on any atom is -0.334 e. The monoisotopic (exact) mass is 290 g/mol. The Bertz CT molecular complexity index is 879. The molecular formula is C16H10N4O2. The van der Waals surface area contributed by atoms with Gasteiger partial charge >= 0.3 is 0 Å². The topological polar surface area (TPSA) is 92.7 Å². The number of hydrogen-bond acceptors (Lipinski definition) is 6. The zero-order chi connectivity index (χ0) is 15.5. The van der Waals surface area contributed by atoms with Gasteiger partial charge in [-0.25, -0.2) is 0 Å². The molecule has 0 aliphatic carbocycles. The standard InChI is InChI=1S/C16H10N4O2/c1-10(21)12-6-11(9-17)7-13(8-12)16-19-15(20-22-16)14-4-2-3-5-18-14/h2-8H,1H3. The number of pyridine rings is 1. The molecule has 0 spiro atoms. The number of rotatable bonds is 3. The molecule has 6 heteroatoms. The average Bonchev–Trinajstić information content (AvgIpc) is 3.05. The van der Waals surface area contributed by atoms with E-state index in [-0.39, 0.29) is 11.7 Å². The van der Waals surface area contributed by atoms with E-state index in [4.69, 9.17) is 9.78 Å². The van der Waals surface area contributed by atoms with Gasteiger partial charge in [0.1, 0.15) is 5.69 Å². The molecule has 0 bridgehead atoms. The maximum absolute atomic E-state index is 11.5. The number of ketones is 1. The van der Waals surface area contributed by atoms with Crippen LogP contribution in [0.25, 0.3) is 23.0 Å². The third-order valence-electron chi connectivity index (χ3n) is 3.04. The van der Waals surface area contributed by atoms with Crippen LogP contribution in [0.15, 0.2) is 47.1 Å². The summed E-state index contributed by atoms with van der Waals surface area (Å²) in [4.78, 5) is 19.9. The van der Waals surface area contributed by atoms with Crippen molar-refractivity contribution in [2.24, 2.45) is 0 Å². The van der Waals surface area contributed by atoms with E-state index >= 15 is 0 Å². The number of Topliss-reactive ketones (excluding diaryl/α,β-unsaturated/α-hetero) is 1. The van der Waals surface area contributed by atoms with Gasteiger partial charge in [-0.05, 0) is 37.3 Å². The molecule has 1 aromatic carbocycles. The van der Waals surface area contributed by atoms with Gasteiger partial charge in [0.2, 0.25) is 5.82 Å². The van der Waals surface area contributed by atoms with E-state index in [2.05, 4.69) is 15.1 Å². The Hall–Kier alpha value is -3.33. The van der Waals surface area contributed by atoms with Crippen LogP contribution in [0.3, 0.4) is 0 Å². The Morgan fingerprint density at radius 2 is 2.14 bits per heavy atom. The van der Waals surface area contributed by atoms with Gasteiger partial charge in [0.05, 0.1) is 11.6 Å². The fourth-order valence-electron chi connectivity index (χ4n) is 1.96. The molecule has 0 N–H and O–H groups in total. The Labute approximate surface area is 126 Å². The molecule has 6 nitrogen and oxygen atoms in total. The van der Waals surface area contributed by atoms with Crippen molar-refractivity contribution in [3.63, 3.8) is 0 Å². The molecule has 2 aromatic heterocycles. The van der Waals surface area contributed by atoms with Crippen LogP contribution in [-0.2, 0) is 0 Å². The molecule has 22 heavy (non-hydrogen) atoms.